The number of carbonyl (C=O) groups is 1. The number of rotatable bonds is 4. The van der Waals surface area contributed by atoms with Gasteiger partial charge in [0.1, 0.15) is 0 Å². The number of likely N-dealkylation sites (tertiary alicyclic amines) is 1. The van der Waals surface area contributed by atoms with Gasteiger partial charge < -0.3 is 14.4 Å². The van der Waals surface area contributed by atoms with Crippen molar-refractivity contribution in [1.82, 2.24) is 10.1 Å². The highest BCUT2D eigenvalue weighted by Gasteiger charge is 2.21. The number of aromatic nitrogens is 1. The minimum absolute atomic E-state index is 0.0414. The fourth-order valence-electron chi connectivity index (χ4n) is 2.06. The third-order valence-electron chi connectivity index (χ3n) is 2.95. The molecule has 0 bridgehead atoms. The average Bonchev–Trinajstić information content (AvgIpc) is 2.78. The lowest BCUT2D eigenvalue weighted by atomic mass is 10.1. The maximum Gasteiger partial charge on any atom is 0.358 e. The lowest BCUT2D eigenvalue weighted by molar-refractivity contribution is 0.0257. The van der Waals surface area contributed by atoms with E-state index in [1.165, 1.54) is 6.07 Å². The maximum absolute atomic E-state index is 10.6. The highest BCUT2D eigenvalue weighted by molar-refractivity contribution is 5.85. The lowest BCUT2D eigenvalue weighted by Gasteiger charge is -2.30. The van der Waals surface area contributed by atoms with Crippen molar-refractivity contribution < 1.29 is 19.2 Å². The van der Waals surface area contributed by atoms with Gasteiger partial charge in [0.2, 0.25) is 0 Å². The molecule has 1 atom stereocenters. The summed E-state index contributed by atoms with van der Waals surface area (Å²) in [5.41, 5.74) is -0.0414. The number of carboxylic acid groups (broad SMARTS) is 1. The Labute approximate surface area is 99.1 Å². The van der Waals surface area contributed by atoms with Crippen molar-refractivity contribution in [2.75, 3.05) is 20.2 Å². The molecule has 0 aromatic carbocycles. The summed E-state index contributed by atoms with van der Waals surface area (Å²) < 4.78 is 10.3. The van der Waals surface area contributed by atoms with Crippen molar-refractivity contribution in [3.63, 3.8) is 0 Å². The predicted molar refractivity (Wildman–Crippen MR) is 58.8 cm³/mol. The number of hydrogen-bond acceptors (Lipinski definition) is 5. The van der Waals surface area contributed by atoms with E-state index >= 15 is 0 Å². The van der Waals surface area contributed by atoms with Gasteiger partial charge in [-0.3, -0.25) is 4.90 Å². The number of piperidine rings is 1. The number of aromatic carboxylic acids is 1. The van der Waals surface area contributed by atoms with E-state index in [0.717, 1.165) is 25.9 Å². The third kappa shape index (κ3) is 3.04. The Morgan fingerprint density at radius 3 is 3.24 bits per heavy atom. The Bertz CT molecular complexity index is 391. The van der Waals surface area contributed by atoms with Crippen molar-refractivity contribution >= 4 is 5.97 Å². The van der Waals surface area contributed by atoms with E-state index in [1.54, 1.807) is 7.11 Å². The molecule has 0 spiro atoms. The first-order chi connectivity index (χ1) is 8.19. The van der Waals surface area contributed by atoms with Gasteiger partial charge in [0.25, 0.3) is 0 Å². The third-order valence-corrected chi connectivity index (χ3v) is 2.95. The Morgan fingerprint density at radius 2 is 2.59 bits per heavy atom. The predicted octanol–water partition coefficient (Wildman–Crippen LogP) is 0.984. The molecule has 17 heavy (non-hydrogen) atoms. The van der Waals surface area contributed by atoms with Crippen LogP contribution < -0.4 is 0 Å². The molecule has 1 saturated heterocycles. The molecule has 1 aromatic rings. The van der Waals surface area contributed by atoms with Crippen LogP contribution in [-0.4, -0.2) is 47.4 Å². The van der Waals surface area contributed by atoms with Gasteiger partial charge >= 0.3 is 5.97 Å². The first-order valence-corrected chi connectivity index (χ1v) is 5.63. The van der Waals surface area contributed by atoms with Crippen molar-refractivity contribution in [2.45, 2.75) is 25.5 Å². The second-order valence-corrected chi connectivity index (χ2v) is 4.22. The Hall–Kier alpha value is -1.40. The van der Waals surface area contributed by atoms with E-state index < -0.39 is 5.97 Å². The summed E-state index contributed by atoms with van der Waals surface area (Å²) in [6, 6.07) is 1.47. The van der Waals surface area contributed by atoms with Gasteiger partial charge in [-0.2, -0.15) is 0 Å². The molecule has 0 aliphatic carbocycles. The zero-order valence-corrected chi connectivity index (χ0v) is 9.76. The fraction of sp³-hybridized carbons (Fsp3) is 0.636. The van der Waals surface area contributed by atoms with Crippen molar-refractivity contribution in [3.8, 4) is 0 Å². The molecule has 0 radical (unpaired) electrons. The minimum atomic E-state index is -1.06. The molecule has 1 aromatic heterocycles. The first kappa shape index (κ1) is 12.1. The van der Waals surface area contributed by atoms with Crippen LogP contribution in [0.3, 0.4) is 0 Å². The Balaban J connectivity index is 1.93. The largest absolute Gasteiger partial charge is 0.476 e. The Morgan fingerprint density at radius 1 is 1.76 bits per heavy atom. The summed E-state index contributed by atoms with van der Waals surface area (Å²) in [5.74, 6) is -0.479. The van der Waals surface area contributed by atoms with Gasteiger partial charge in [-0.25, -0.2) is 4.79 Å². The number of methoxy groups -OCH3 is 1. The van der Waals surface area contributed by atoms with Crippen LogP contribution in [0.4, 0.5) is 0 Å². The summed E-state index contributed by atoms with van der Waals surface area (Å²) in [4.78, 5) is 12.8. The smallest absolute Gasteiger partial charge is 0.358 e. The molecule has 6 heteroatoms. The maximum atomic E-state index is 10.6. The molecular weight excluding hydrogens is 224 g/mol. The van der Waals surface area contributed by atoms with Crippen molar-refractivity contribution in [3.05, 3.63) is 17.5 Å². The number of ether oxygens (including phenoxy) is 1. The molecule has 2 rings (SSSR count). The van der Waals surface area contributed by atoms with E-state index in [-0.39, 0.29) is 11.8 Å². The van der Waals surface area contributed by atoms with E-state index in [2.05, 4.69) is 10.1 Å². The molecule has 0 saturated carbocycles. The Kier molecular flexibility index (Phi) is 3.75. The van der Waals surface area contributed by atoms with Gasteiger partial charge in [0.15, 0.2) is 11.5 Å². The number of hydrogen-bond donors (Lipinski definition) is 1. The molecule has 1 aliphatic heterocycles. The monoisotopic (exact) mass is 240 g/mol. The second-order valence-electron chi connectivity index (χ2n) is 4.22. The minimum Gasteiger partial charge on any atom is -0.476 e. The highest BCUT2D eigenvalue weighted by atomic mass is 16.5. The summed E-state index contributed by atoms with van der Waals surface area (Å²) in [7, 11) is 1.71. The second kappa shape index (κ2) is 5.29. The summed E-state index contributed by atoms with van der Waals surface area (Å²) in [5, 5.41) is 12.2. The molecule has 94 valence electrons. The van der Waals surface area contributed by atoms with Crippen molar-refractivity contribution in [2.24, 2.45) is 0 Å². The SMILES string of the molecule is COC1CCCN(Cc2cc(C(=O)O)no2)C1. The molecule has 1 N–H and O–H groups in total. The van der Waals surface area contributed by atoms with Gasteiger partial charge in [0.05, 0.1) is 12.6 Å². The van der Waals surface area contributed by atoms with Gasteiger partial charge in [-0.05, 0) is 19.4 Å². The topological polar surface area (TPSA) is 75.8 Å². The van der Waals surface area contributed by atoms with E-state index in [9.17, 15) is 4.79 Å². The molecule has 1 fully saturated rings. The van der Waals surface area contributed by atoms with E-state index in [1.807, 2.05) is 0 Å². The van der Waals surface area contributed by atoms with Crippen molar-refractivity contribution in [1.29, 1.82) is 0 Å². The lowest BCUT2D eigenvalue weighted by Crippen LogP contribution is -2.38. The standard InChI is InChI=1S/C11H16N2O4/c1-16-8-3-2-4-13(6-8)7-9-5-10(11(14)15)12-17-9/h5,8H,2-4,6-7H2,1H3,(H,14,15). The molecule has 1 unspecified atom stereocenters. The molecule has 0 amide bonds. The van der Waals surface area contributed by atoms with E-state index in [4.69, 9.17) is 14.4 Å². The number of nitrogens with zero attached hydrogens (tertiary/aromatic N) is 2. The van der Waals surface area contributed by atoms with Crippen LogP contribution in [0.2, 0.25) is 0 Å². The first-order valence-electron chi connectivity index (χ1n) is 5.63. The van der Waals surface area contributed by atoms with Crippen LogP contribution in [0, 0.1) is 0 Å². The van der Waals surface area contributed by atoms with Gasteiger partial charge in [-0.1, -0.05) is 5.16 Å². The summed E-state index contributed by atoms with van der Waals surface area (Å²) >= 11 is 0. The fourth-order valence-corrected chi connectivity index (χ4v) is 2.06. The van der Waals surface area contributed by atoms with E-state index in [0.29, 0.717) is 12.3 Å². The molecule has 6 nitrogen and oxygen atoms in total. The van der Waals surface area contributed by atoms with Crippen LogP contribution in [0.5, 0.6) is 0 Å². The summed E-state index contributed by atoms with van der Waals surface area (Å²) in [6.07, 6.45) is 2.41. The normalized spacial score (nSPS) is 21.6. The van der Waals surface area contributed by atoms with Crippen LogP contribution in [-0.2, 0) is 11.3 Å². The highest BCUT2D eigenvalue weighted by Crippen LogP contribution is 2.15. The summed E-state index contributed by atoms with van der Waals surface area (Å²) in [6.45, 7) is 2.41. The van der Waals surface area contributed by atoms with Gasteiger partial charge in [0, 0.05) is 19.7 Å². The zero-order chi connectivity index (χ0) is 12.3. The van der Waals surface area contributed by atoms with Gasteiger partial charge in [-0.15, -0.1) is 0 Å². The van der Waals surface area contributed by atoms with Crippen LogP contribution >= 0.6 is 0 Å². The average molecular weight is 240 g/mol. The quantitative estimate of drug-likeness (QED) is 0.845. The van der Waals surface area contributed by atoms with Crippen LogP contribution in [0.25, 0.3) is 0 Å². The van der Waals surface area contributed by atoms with Crippen LogP contribution in [0.1, 0.15) is 29.1 Å². The molecular formula is C11H16N2O4. The molecule has 1 aliphatic rings. The number of carboxylic acids is 1. The van der Waals surface area contributed by atoms with Crippen LogP contribution in [0.15, 0.2) is 10.6 Å². The molecule has 2 heterocycles. The zero-order valence-electron chi connectivity index (χ0n) is 9.76.